The van der Waals surface area contributed by atoms with Crippen molar-refractivity contribution >= 4 is 35.7 Å². The van der Waals surface area contributed by atoms with Crippen molar-refractivity contribution in [3.05, 3.63) is 0 Å². The van der Waals surface area contributed by atoms with Gasteiger partial charge in [-0.25, -0.2) is 0 Å². The van der Waals surface area contributed by atoms with Gasteiger partial charge in [-0.1, -0.05) is 53.4 Å². The van der Waals surface area contributed by atoms with E-state index in [-0.39, 0.29) is 27.5 Å². The first kappa shape index (κ1) is 29.7. The molecule has 0 rings (SSSR count). The van der Waals surface area contributed by atoms with Crippen LogP contribution in [0.3, 0.4) is 0 Å². The molecule has 153 valence electrons. The first-order chi connectivity index (χ1) is 11.4. The van der Waals surface area contributed by atoms with E-state index in [0.717, 1.165) is 77.5 Å². The Labute approximate surface area is 177 Å². The Balaban J connectivity index is -0.000000372. The van der Waals surface area contributed by atoms with Crippen molar-refractivity contribution in [2.24, 2.45) is 0 Å². The summed E-state index contributed by atoms with van der Waals surface area (Å²) in [5.41, 5.74) is 0. The quantitative estimate of drug-likeness (QED) is 0.313. The minimum atomic E-state index is -0.197. The van der Waals surface area contributed by atoms with E-state index in [1.165, 1.54) is 0 Å². The number of carbonyl (C=O) groups excluding carboxylic acids is 2. The molecule has 0 bridgehead atoms. The monoisotopic (exact) mass is 439 g/mol. The van der Waals surface area contributed by atoms with E-state index in [4.69, 9.17) is 0 Å². The zero-order chi connectivity index (χ0) is 18.8. The first-order valence-electron chi connectivity index (χ1n) is 9.36. The molecule has 4 nitrogen and oxygen atoms in total. The number of rotatable bonds is 12. The standard InChI is InChI=1S/2C9H19NOS.Cu/c2*1-3-5-7-10(9(11)12)8-6-4-2;/h2*3-8H2,1-2H3,(H,11,12);/q;;+2/p-2. The summed E-state index contributed by atoms with van der Waals surface area (Å²) in [6.45, 7) is 11.8. The summed E-state index contributed by atoms with van der Waals surface area (Å²) in [6, 6.07) is 0. The summed E-state index contributed by atoms with van der Waals surface area (Å²) in [7, 11) is 0. The summed E-state index contributed by atoms with van der Waals surface area (Å²) < 4.78 is 0. The molecule has 0 N–H and O–H groups in total. The van der Waals surface area contributed by atoms with Crippen LogP contribution in [0, 0.1) is 0 Å². The van der Waals surface area contributed by atoms with Gasteiger partial charge in [-0.3, -0.25) is 0 Å². The van der Waals surface area contributed by atoms with Crippen LogP contribution in [-0.4, -0.2) is 46.5 Å². The number of hydrogen-bond donors (Lipinski definition) is 0. The van der Waals surface area contributed by atoms with Gasteiger partial charge in [0.1, 0.15) is 10.5 Å². The van der Waals surface area contributed by atoms with E-state index in [0.29, 0.717) is 0 Å². The summed E-state index contributed by atoms with van der Waals surface area (Å²) in [5, 5.41) is -0.395. The molecule has 0 unspecified atom stereocenters. The van der Waals surface area contributed by atoms with Gasteiger partial charge in [-0.05, 0) is 25.7 Å². The predicted octanol–water partition coefficient (Wildman–Crippen LogP) is 5.11. The molecule has 0 aliphatic heterocycles. The summed E-state index contributed by atoms with van der Waals surface area (Å²) in [6.07, 6.45) is 8.71. The molecule has 0 aliphatic carbocycles. The van der Waals surface area contributed by atoms with Crippen LogP contribution in [0.2, 0.25) is 0 Å². The van der Waals surface area contributed by atoms with Crippen LogP contribution >= 0.6 is 0 Å². The van der Waals surface area contributed by atoms with Crippen LogP contribution < -0.4 is 0 Å². The van der Waals surface area contributed by atoms with Crippen LogP contribution in [-0.2, 0) is 42.3 Å². The number of hydrogen-bond acceptors (Lipinski definition) is 4. The number of amides is 2. The fourth-order valence-electron chi connectivity index (χ4n) is 1.98. The third-order valence-corrected chi connectivity index (χ3v) is 4.16. The van der Waals surface area contributed by atoms with E-state index < -0.39 is 0 Å². The van der Waals surface area contributed by atoms with Gasteiger partial charge >= 0.3 is 17.1 Å². The van der Waals surface area contributed by atoms with E-state index in [1.54, 1.807) is 9.80 Å². The number of carbonyl (C=O) groups is 2. The largest absolute Gasteiger partial charge is 2.00 e. The second kappa shape index (κ2) is 21.9. The van der Waals surface area contributed by atoms with Crippen molar-refractivity contribution in [3.63, 3.8) is 0 Å². The summed E-state index contributed by atoms with van der Waals surface area (Å²) >= 11 is 9.23. The molecule has 0 aromatic rings. The van der Waals surface area contributed by atoms with Gasteiger partial charge in [0.05, 0.1) is 0 Å². The van der Waals surface area contributed by atoms with E-state index >= 15 is 0 Å². The van der Waals surface area contributed by atoms with Gasteiger partial charge in [0.25, 0.3) is 0 Å². The molecule has 0 spiro atoms. The maximum absolute atomic E-state index is 10.9. The molecular formula is C18H36CuN2O2S2. The Morgan fingerprint density at radius 1 is 0.600 bits per heavy atom. The Hall–Kier alpha value is -0.101. The Kier molecular flexibility index (Phi) is 26.0. The molecule has 0 aliphatic rings. The van der Waals surface area contributed by atoms with Crippen molar-refractivity contribution in [2.75, 3.05) is 26.2 Å². The SMILES string of the molecule is CCCCN(CCCC)C(=O)[S-].CCCCN(CCCC)C(=O)[S-].[Cu+2]. The molecule has 25 heavy (non-hydrogen) atoms. The van der Waals surface area contributed by atoms with Crippen LogP contribution in [0.25, 0.3) is 0 Å². The number of nitrogens with zero attached hydrogens (tertiary/aromatic N) is 2. The van der Waals surface area contributed by atoms with Crippen LogP contribution in [0.1, 0.15) is 79.1 Å². The van der Waals surface area contributed by atoms with E-state index in [9.17, 15) is 9.59 Å². The molecule has 0 aromatic heterocycles. The molecule has 0 saturated carbocycles. The van der Waals surface area contributed by atoms with Crippen molar-refractivity contribution in [1.82, 2.24) is 9.80 Å². The van der Waals surface area contributed by atoms with Crippen molar-refractivity contribution < 1.29 is 26.7 Å². The van der Waals surface area contributed by atoms with Crippen molar-refractivity contribution in [2.45, 2.75) is 79.1 Å². The van der Waals surface area contributed by atoms with Gasteiger partial charge in [-0.2, -0.15) is 0 Å². The summed E-state index contributed by atoms with van der Waals surface area (Å²) in [5.74, 6) is 0. The van der Waals surface area contributed by atoms with Gasteiger partial charge < -0.3 is 44.6 Å². The second-order valence-corrected chi connectivity index (χ2v) is 6.62. The molecule has 0 fully saturated rings. The van der Waals surface area contributed by atoms with Crippen molar-refractivity contribution in [3.8, 4) is 0 Å². The predicted molar refractivity (Wildman–Crippen MR) is 108 cm³/mol. The van der Waals surface area contributed by atoms with Crippen LogP contribution in [0.5, 0.6) is 0 Å². The van der Waals surface area contributed by atoms with Gasteiger partial charge in [0, 0.05) is 26.2 Å². The zero-order valence-electron chi connectivity index (χ0n) is 16.3. The van der Waals surface area contributed by atoms with Crippen molar-refractivity contribution in [1.29, 1.82) is 0 Å². The Bertz CT molecular complexity index is 275. The Morgan fingerprint density at radius 2 is 0.800 bits per heavy atom. The number of unbranched alkanes of at least 4 members (excludes halogenated alkanes) is 4. The molecule has 2 amide bonds. The van der Waals surface area contributed by atoms with Gasteiger partial charge in [0.15, 0.2) is 0 Å². The minimum Gasteiger partial charge on any atom is -0.719 e. The Morgan fingerprint density at radius 3 is 0.920 bits per heavy atom. The molecule has 7 heteroatoms. The molecular weight excluding hydrogens is 404 g/mol. The third kappa shape index (κ3) is 20.1. The maximum atomic E-state index is 10.9. The third-order valence-electron chi connectivity index (χ3n) is 3.64. The molecule has 0 atom stereocenters. The molecule has 0 heterocycles. The first-order valence-corrected chi connectivity index (χ1v) is 10.2. The molecule has 1 radical (unpaired) electrons. The second-order valence-electron chi connectivity index (χ2n) is 5.92. The van der Waals surface area contributed by atoms with E-state index in [2.05, 4.69) is 53.0 Å². The fraction of sp³-hybridized carbons (Fsp3) is 0.889. The van der Waals surface area contributed by atoms with Gasteiger partial charge in [0.2, 0.25) is 0 Å². The topological polar surface area (TPSA) is 40.6 Å². The van der Waals surface area contributed by atoms with E-state index in [1.807, 2.05) is 0 Å². The fourth-order valence-corrected chi connectivity index (χ4v) is 2.35. The van der Waals surface area contributed by atoms with Crippen LogP contribution in [0.15, 0.2) is 0 Å². The molecule has 0 aromatic carbocycles. The minimum absolute atomic E-state index is 0. The maximum Gasteiger partial charge on any atom is 2.00 e. The van der Waals surface area contributed by atoms with Crippen LogP contribution in [0.4, 0.5) is 9.59 Å². The average Bonchev–Trinajstić information content (AvgIpc) is 2.55. The smallest absolute Gasteiger partial charge is 0.719 e. The normalized spacial score (nSPS) is 9.44. The summed E-state index contributed by atoms with van der Waals surface area (Å²) in [4.78, 5) is 25.3. The van der Waals surface area contributed by atoms with Gasteiger partial charge in [-0.15, -0.1) is 0 Å². The zero-order valence-corrected chi connectivity index (χ0v) is 18.9. The molecule has 0 saturated heterocycles. The average molecular weight is 440 g/mol.